The molecular formula is C13H15N5O3S. The lowest BCUT2D eigenvalue weighted by Gasteiger charge is -2.08. The Morgan fingerprint density at radius 2 is 2.14 bits per heavy atom. The summed E-state index contributed by atoms with van der Waals surface area (Å²) in [5, 5.41) is 22.5. The number of aryl methyl sites for hydroxylation is 2. The van der Waals surface area contributed by atoms with Gasteiger partial charge in [-0.2, -0.15) is 0 Å². The van der Waals surface area contributed by atoms with Gasteiger partial charge in [0.2, 0.25) is 11.1 Å². The number of tetrazole rings is 1. The van der Waals surface area contributed by atoms with Crippen molar-refractivity contribution in [2.75, 3.05) is 11.1 Å². The topological polar surface area (TPSA) is 110 Å². The van der Waals surface area contributed by atoms with Crippen molar-refractivity contribution in [1.82, 2.24) is 20.2 Å². The van der Waals surface area contributed by atoms with E-state index in [1.165, 1.54) is 0 Å². The molecule has 116 valence electrons. The predicted octanol–water partition coefficient (Wildman–Crippen LogP) is 1.11. The highest BCUT2D eigenvalue weighted by molar-refractivity contribution is 7.99. The normalized spacial score (nSPS) is 10.5. The number of carbonyl (C=O) groups is 2. The lowest BCUT2D eigenvalue weighted by molar-refractivity contribution is -0.138. The zero-order valence-corrected chi connectivity index (χ0v) is 12.9. The van der Waals surface area contributed by atoms with E-state index in [9.17, 15) is 9.59 Å². The molecule has 8 nitrogen and oxygen atoms in total. The first-order valence-corrected chi connectivity index (χ1v) is 7.42. The lowest BCUT2D eigenvalue weighted by atomic mass is 10.1. The molecule has 1 aromatic carbocycles. The second-order valence-electron chi connectivity index (χ2n) is 4.67. The van der Waals surface area contributed by atoms with Crippen LogP contribution in [0.1, 0.15) is 11.1 Å². The van der Waals surface area contributed by atoms with Gasteiger partial charge in [-0.25, -0.2) is 4.68 Å². The first-order valence-electron chi connectivity index (χ1n) is 6.43. The molecule has 1 aromatic heterocycles. The number of benzene rings is 1. The largest absolute Gasteiger partial charge is 0.480 e. The van der Waals surface area contributed by atoms with Gasteiger partial charge in [0.1, 0.15) is 6.54 Å². The molecule has 2 aromatic rings. The first kappa shape index (κ1) is 16.0. The van der Waals surface area contributed by atoms with Gasteiger partial charge in [0.15, 0.2) is 0 Å². The van der Waals surface area contributed by atoms with E-state index in [0.717, 1.165) is 33.3 Å². The SMILES string of the molecule is Cc1ccc(NC(=O)CSc2nnnn2CC(=O)O)c(C)c1. The summed E-state index contributed by atoms with van der Waals surface area (Å²) in [5.41, 5.74) is 2.85. The van der Waals surface area contributed by atoms with Gasteiger partial charge in [-0.15, -0.1) is 5.10 Å². The van der Waals surface area contributed by atoms with Crippen molar-refractivity contribution in [1.29, 1.82) is 0 Å². The molecule has 0 aliphatic carbocycles. The number of aliphatic carboxylic acids is 1. The molecule has 0 saturated carbocycles. The number of aromatic nitrogens is 4. The van der Waals surface area contributed by atoms with Crippen LogP contribution in [0.5, 0.6) is 0 Å². The third-order valence-corrected chi connectivity index (χ3v) is 3.73. The van der Waals surface area contributed by atoms with Crippen LogP contribution in [0.4, 0.5) is 5.69 Å². The van der Waals surface area contributed by atoms with Crippen LogP contribution in [0.3, 0.4) is 0 Å². The van der Waals surface area contributed by atoms with Gasteiger partial charge in [-0.3, -0.25) is 9.59 Å². The average molecular weight is 321 g/mol. The molecule has 0 radical (unpaired) electrons. The molecule has 0 aliphatic heterocycles. The summed E-state index contributed by atoms with van der Waals surface area (Å²) < 4.78 is 1.14. The average Bonchev–Trinajstić information content (AvgIpc) is 2.86. The molecule has 0 spiro atoms. The van der Waals surface area contributed by atoms with Gasteiger partial charge >= 0.3 is 5.97 Å². The fourth-order valence-electron chi connectivity index (χ4n) is 1.80. The van der Waals surface area contributed by atoms with Gasteiger partial charge in [0.25, 0.3) is 0 Å². The molecule has 1 amide bonds. The van der Waals surface area contributed by atoms with Gasteiger partial charge in [-0.1, -0.05) is 29.5 Å². The highest BCUT2D eigenvalue weighted by atomic mass is 32.2. The van der Waals surface area contributed by atoms with Crippen LogP contribution >= 0.6 is 11.8 Å². The van der Waals surface area contributed by atoms with E-state index in [1.807, 2.05) is 32.0 Å². The Balaban J connectivity index is 1.93. The number of hydrogen-bond acceptors (Lipinski definition) is 6. The minimum Gasteiger partial charge on any atom is -0.480 e. The highest BCUT2D eigenvalue weighted by Crippen LogP contribution is 2.18. The quantitative estimate of drug-likeness (QED) is 0.767. The number of thioether (sulfide) groups is 1. The zero-order chi connectivity index (χ0) is 16.1. The smallest absolute Gasteiger partial charge is 0.325 e. The van der Waals surface area contributed by atoms with Gasteiger partial charge in [-0.05, 0) is 35.9 Å². The molecule has 2 rings (SSSR count). The van der Waals surface area contributed by atoms with Crippen LogP contribution in [-0.2, 0) is 16.1 Å². The lowest BCUT2D eigenvalue weighted by Crippen LogP contribution is -2.16. The van der Waals surface area contributed by atoms with Crippen LogP contribution < -0.4 is 5.32 Å². The van der Waals surface area contributed by atoms with Crippen molar-refractivity contribution in [3.05, 3.63) is 29.3 Å². The second-order valence-corrected chi connectivity index (χ2v) is 5.61. The van der Waals surface area contributed by atoms with E-state index >= 15 is 0 Å². The third kappa shape index (κ3) is 4.29. The van der Waals surface area contributed by atoms with E-state index in [0.29, 0.717) is 0 Å². The number of anilines is 1. The number of carboxylic acid groups (broad SMARTS) is 1. The third-order valence-electron chi connectivity index (χ3n) is 2.77. The zero-order valence-electron chi connectivity index (χ0n) is 12.1. The molecule has 9 heteroatoms. The van der Waals surface area contributed by atoms with Gasteiger partial charge in [0, 0.05) is 5.69 Å². The molecule has 0 unspecified atom stereocenters. The minimum absolute atomic E-state index is 0.0906. The Kier molecular flexibility index (Phi) is 5.10. The maximum atomic E-state index is 12.0. The molecule has 1 heterocycles. The Hall–Kier alpha value is -2.42. The van der Waals surface area contributed by atoms with Crippen molar-refractivity contribution in [3.63, 3.8) is 0 Å². The molecule has 22 heavy (non-hydrogen) atoms. The maximum Gasteiger partial charge on any atom is 0.325 e. The second kappa shape index (κ2) is 7.03. The van der Waals surface area contributed by atoms with Crippen LogP contribution in [0, 0.1) is 13.8 Å². The van der Waals surface area contributed by atoms with Crippen molar-refractivity contribution in [3.8, 4) is 0 Å². The summed E-state index contributed by atoms with van der Waals surface area (Å²) >= 11 is 1.08. The van der Waals surface area contributed by atoms with Crippen molar-refractivity contribution >= 4 is 29.3 Å². The van der Waals surface area contributed by atoms with Crippen molar-refractivity contribution in [2.24, 2.45) is 0 Å². The van der Waals surface area contributed by atoms with Crippen molar-refractivity contribution in [2.45, 2.75) is 25.5 Å². The number of nitrogens with zero attached hydrogens (tertiary/aromatic N) is 4. The monoisotopic (exact) mass is 321 g/mol. The Morgan fingerprint density at radius 3 is 2.82 bits per heavy atom. The molecule has 0 saturated heterocycles. The summed E-state index contributed by atoms with van der Waals surface area (Å²) in [6, 6.07) is 5.75. The fraction of sp³-hybridized carbons (Fsp3) is 0.308. The predicted molar refractivity (Wildman–Crippen MR) is 80.7 cm³/mol. The molecule has 0 aliphatic rings. The van der Waals surface area contributed by atoms with E-state index < -0.39 is 5.97 Å². The molecule has 0 atom stereocenters. The summed E-state index contributed by atoms with van der Waals surface area (Å²) in [6.45, 7) is 3.56. The van der Waals surface area contributed by atoms with E-state index in [4.69, 9.17) is 5.11 Å². The Morgan fingerprint density at radius 1 is 1.36 bits per heavy atom. The maximum absolute atomic E-state index is 12.0. The molecular weight excluding hydrogens is 306 g/mol. The summed E-state index contributed by atoms with van der Waals surface area (Å²) in [7, 11) is 0. The van der Waals surface area contributed by atoms with Crippen LogP contribution in [0.25, 0.3) is 0 Å². The fourth-order valence-corrected chi connectivity index (χ4v) is 2.47. The number of rotatable bonds is 6. The summed E-state index contributed by atoms with van der Waals surface area (Å²) in [4.78, 5) is 22.6. The van der Waals surface area contributed by atoms with Crippen LogP contribution in [0.15, 0.2) is 23.4 Å². The molecule has 2 N–H and O–H groups in total. The van der Waals surface area contributed by atoms with E-state index in [1.54, 1.807) is 0 Å². The molecule has 0 bridgehead atoms. The summed E-state index contributed by atoms with van der Waals surface area (Å²) in [6.07, 6.45) is 0. The highest BCUT2D eigenvalue weighted by Gasteiger charge is 2.12. The standard InChI is InChI=1S/C13H15N5O3S/c1-8-3-4-10(9(2)5-8)14-11(19)7-22-13-15-16-17-18(13)6-12(20)21/h3-5H,6-7H2,1-2H3,(H,14,19)(H,20,21). The number of carbonyl (C=O) groups excluding carboxylic acids is 1. The van der Waals surface area contributed by atoms with Gasteiger partial charge < -0.3 is 10.4 Å². The first-order chi connectivity index (χ1) is 10.5. The Labute approximate surface area is 130 Å². The number of carboxylic acids is 1. The molecule has 0 fully saturated rings. The van der Waals surface area contributed by atoms with Gasteiger partial charge in [0.05, 0.1) is 5.75 Å². The number of amides is 1. The minimum atomic E-state index is -1.05. The van der Waals surface area contributed by atoms with Crippen molar-refractivity contribution < 1.29 is 14.7 Å². The van der Waals surface area contributed by atoms with Crippen LogP contribution in [-0.4, -0.2) is 42.9 Å². The number of nitrogens with one attached hydrogen (secondary N) is 1. The summed E-state index contributed by atoms with van der Waals surface area (Å²) in [5.74, 6) is -1.16. The van der Waals surface area contributed by atoms with E-state index in [-0.39, 0.29) is 23.4 Å². The number of hydrogen-bond donors (Lipinski definition) is 2. The van der Waals surface area contributed by atoms with E-state index in [2.05, 4.69) is 20.8 Å². The van der Waals surface area contributed by atoms with Crippen LogP contribution in [0.2, 0.25) is 0 Å². The Bertz CT molecular complexity index is 701.